The zero-order valence-corrected chi connectivity index (χ0v) is 12.2. The van der Waals surface area contributed by atoms with E-state index in [0.717, 1.165) is 21.8 Å². The number of carbonyl (C=O) groups is 1. The van der Waals surface area contributed by atoms with Crippen LogP contribution in [0.2, 0.25) is 0 Å². The Kier molecular flexibility index (Phi) is 3.53. The normalized spacial score (nSPS) is 13.2. The molecule has 0 bridgehead atoms. The Labute approximate surface area is 122 Å². The Morgan fingerprint density at radius 1 is 1.10 bits per heavy atom. The average Bonchev–Trinajstić information content (AvgIpc) is 2.85. The van der Waals surface area contributed by atoms with Crippen LogP contribution in [0, 0.1) is 6.92 Å². The monoisotopic (exact) mass is 284 g/mol. The van der Waals surface area contributed by atoms with E-state index in [1.807, 2.05) is 19.1 Å². The van der Waals surface area contributed by atoms with Crippen molar-refractivity contribution in [1.82, 2.24) is 0 Å². The summed E-state index contributed by atoms with van der Waals surface area (Å²) >= 11 is 1.54. The van der Waals surface area contributed by atoms with Crippen molar-refractivity contribution in [3.05, 3.63) is 58.7 Å². The van der Waals surface area contributed by atoms with Crippen LogP contribution in [0.5, 0.6) is 0 Å². The first-order valence-corrected chi connectivity index (χ1v) is 7.59. The van der Waals surface area contributed by atoms with Crippen molar-refractivity contribution < 1.29 is 9.90 Å². The van der Waals surface area contributed by atoms with E-state index in [4.69, 9.17) is 0 Å². The number of hydrogen-bond donors (Lipinski definition) is 1. The van der Waals surface area contributed by atoms with Gasteiger partial charge in [0.05, 0.1) is 5.56 Å². The molecule has 0 aromatic heterocycles. The largest absolute Gasteiger partial charge is 0.478 e. The van der Waals surface area contributed by atoms with Gasteiger partial charge < -0.3 is 5.11 Å². The molecule has 0 atom stereocenters. The SMILES string of the molecule is Cc1ccc(C(=O)O)c(Sc2ccc3c(c2)CCC3)c1. The third kappa shape index (κ3) is 2.59. The molecule has 0 saturated carbocycles. The maximum Gasteiger partial charge on any atom is 0.336 e. The van der Waals surface area contributed by atoms with Crippen molar-refractivity contribution in [2.75, 3.05) is 0 Å². The van der Waals surface area contributed by atoms with E-state index in [9.17, 15) is 9.90 Å². The standard InChI is InChI=1S/C17H16O2S/c1-11-5-8-15(17(18)19)16(9-11)20-14-7-6-12-3-2-4-13(12)10-14/h5-10H,2-4H2,1H3,(H,18,19). The van der Waals surface area contributed by atoms with Crippen molar-refractivity contribution in [1.29, 1.82) is 0 Å². The molecule has 1 N–H and O–H groups in total. The summed E-state index contributed by atoms with van der Waals surface area (Å²) in [5.41, 5.74) is 4.32. The molecule has 2 aromatic rings. The van der Waals surface area contributed by atoms with Gasteiger partial charge in [0.25, 0.3) is 0 Å². The maximum absolute atomic E-state index is 11.3. The fourth-order valence-corrected chi connectivity index (χ4v) is 3.73. The van der Waals surface area contributed by atoms with Crippen LogP contribution < -0.4 is 0 Å². The molecular formula is C17H16O2S. The first-order chi connectivity index (χ1) is 9.63. The van der Waals surface area contributed by atoms with E-state index in [1.165, 1.54) is 24.0 Å². The van der Waals surface area contributed by atoms with E-state index in [2.05, 4.69) is 18.2 Å². The fourth-order valence-electron chi connectivity index (χ4n) is 2.63. The summed E-state index contributed by atoms with van der Waals surface area (Å²) in [6, 6.07) is 12.0. The van der Waals surface area contributed by atoms with Crippen LogP contribution >= 0.6 is 11.8 Å². The van der Waals surface area contributed by atoms with Gasteiger partial charge in [-0.3, -0.25) is 0 Å². The number of carboxylic acid groups (broad SMARTS) is 1. The lowest BCUT2D eigenvalue weighted by Crippen LogP contribution is -1.99. The van der Waals surface area contributed by atoms with Gasteiger partial charge in [0.2, 0.25) is 0 Å². The van der Waals surface area contributed by atoms with Crippen molar-refractivity contribution >= 4 is 17.7 Å². The molecule has 0 amide bonds. The minimum atomic E-state index is -0.867. The van der Waals surface area contributed by atoms with Crippen LogP contribution in [-0.4, -0.2) is 11.1 Å². The molecule has 0 saturated heterocycles. The van der Waals surface area contributed by atoms with Gasteiger partial charge in [-0.05, 0) is 67.1 Å². The quantitative estimate of drug-likeness (QED) is 0.911. The first kappa shape index (κ1) is 13.3. The predicted molar refractivity (Wildman–Crippen MR) is 80.7 cm³/mol. The molecule has 0 fully saturated rings. The summed E-state index contributed by atoms with van der Waals surface area (Å²) in [6.45, 7) is 1.98. The molecule has 2 aromatic carbocycles. The Hall–Kier alpha value is -1.74. The molecule has 1 aliphatic carbocycles. The summed E-state index contributed by atoms with van der Waals surface area (Å²) in [6.07, 6.45) is 3.54. The zero-order chi connectivity index (χ0) is 14.1. The second kappa shape index (κ2) is 5.33. The third-order valence-electron chi connectivity index (χ3n) is 3.67. The second-order valence-electron chi connectivity index (χ2n) is 5.19. The molecule has 0 unspecified atom stereocenters. The van der Waals surface area contributed by atoms with Crippen LogP contribution in [0.25, 0.3) is 0 Å². The fraction of sp³-hybridized carbons (Fsp3) is 0.235. The molecule has 0 radical (unpaired) electrons. The van der Waals surface area contributed by atoms with Gasteiger partial charge in [-0.2, -0.15) is 0 Å². The lowest BCUT2D eigenvalue weighted by Gasteiger charge is -2.08. The number of hydrogen-bond acceptors (Lipinski definition) is 2. The lowest BCUT2D eigenvalue weighted by molar-refractivity contribution is 0.0693. The van der Waals surface area contributed by atoms with E-state index in [0.29, 0.717) is 5.56 Å². The summed E-state index contributed by atoms with van der Waals surface area (Å²) in [5.74, 6) is -0.867. The molecule has 1 aliphatic rings. The highest BCUT2D eigenvalue weighted by molar-refractivity contribution is 7.99. The highest BCUT2D eigenvalue weighted by Crippen LogP contribution is 2.34. The van der Waals surface area contributed by atoms with Crippen LogP contribution in [-0.2, 0) is 12.8 Å². The van der Waals surface area contributed by atoms with E-state index < -0.39 is 5.97 Å². The predicted octanol–water partition coefficient (Wildman–Crippen LogP) is 4.33. The number of aryl methyl sites for hydroxylation is 3. The average molecular weight is 284 g/mol. The highest BCUT2D eigenvalue weighted by Gasteiger charge is 2.14. The molecule has 0 spiro atoms. The van der Waals surface area contributed by atoms with Crippen LogP contribution in [0.15, 0.2) is 46.2 Å². The maximum atomic E-state index is 11.3. The van der Waals surface area contributed by atoms with Gasteiger partial charge in [-0.25, -0.2) is 4.79 Å². The van der Waals surface area contributed by atoms with Crippen LogP contribution in [0.4, 0.5) is 0 Å². The van der Waals surface area contributed by atoms with Gasteiger partial charge in [0.15, 0.2) is 0 Å². The molecule has 102 valence electrons. The van der Waals surface area contributed by atoms with Crippen molar-refractivity contribution in [3.63, 3.8) is 0 Å². The van der Waals surface area contributed by atoms with Gasteiger partial charge >= 0.3 is 5.97 Å². The van der Waals surface area contributed by atoms with Gasteiger partial charge in [0.1, 0.15) is 0 Å². The molecule has 0 heterocycles. The summed E-state index contributed by atoms with van der Waals surface area (Å²) in [7, 11) is 0. The molecular weight excluding hydrogens is 268 g/mol. The van der Waals surface area contributed by atoms with E-state index in [1.54, 1.807) is 17.8 Å². The molecule has 3 rings (SSSR count). The minimum absolute atomic E-state index is 0.376. The molecule has 20 heavy (non-hydrogen) atoms. The third-order valence-corrected chi connectivity index (χ3v) is 4.71. The van der Waals surface area contributed by atoms with Crippen LogP contribution in [0.1, 0.15) is 33.5 Å². The molecule has 2 nitrogen and oxygen atoms in total. The van der Waals surface area contributed by atoms with Crippen LogP contribution in [0.3, 0.4) is 0 Å². The summed E-state index contributed by atoms with van der Waals surface area (Å²) in [5, 5.41) is 9.28. The summed E-state index contributed by atoms with van der Waals surface area (Å²) < 4.78 is 0. The Morgan fingerprint density at radius 3 is 2.70 bits per heavy atom. The first-order valence-electron chi connectivity index (χ1n) is 6.77. The van der Waals surface area contributed by atoms with Crippen molar-refractivity contribution in [2.24, 2.45) is 0 Å². The number of fused-ring (bicyclic) bond motifs is 1. The number of benzene rings is 2. The minimum Gasteiger partial charge on any atom is -0.478 e. The van der Waals surface area contributed by atoms with Crippen molar-refractivity contribution in [2.45, 2.75) is 36.0 Å². The Morgan fingerprint density at radius 2 is 1.90 bits per heavy atom. The van der Waals surface area contributed by atoms with Gasteiger partial charge in [-0.15, -0.1) is 0 Å². The second-order valence-corrected chi connectivity index (χ2v) is 6.31. The van der Waals surface area contributed by atoms with Crippen molar-refractivity contribution in [3.8, 4) is 0 Å². The zero-order valence-electron chi connectivity index (χ0n) is 11.3. The number of carboxylic acids is 1. The van der Waals surface area contributed by atoms with Gasteiger partial charge in [-0.1, -0.05) is 23.9 Å². The van der Waals surface area contributed by atoms with E-state index >= 15 is 0 Å². The number of rotatable bonds is 3. The van der Waals surface area contributed by atoms with E-state index in [-0.39, 0.29) is 0 Å². The summed E-state index contributed by atoms with van der Waals surface area (Å²) in [4.78, 5) is 13.2. The topological polar surface area (TPSA) is 37.3 Å². The van der Waals surface area contributed by atoms with Gasteiger partial charge in [0, 0.05) is 9.79 Å². The smallest absolute Gasteiger partial charge is 0.336 e. The Balaban J connectivity index is 1.95. The Bertz CT molecular complexity index is 677. The lowest BCUT2D eigenvalue weighted by atomic mass is 10.1. The highest BCUT2D eigenvalue weighted by atomic mass is 32.2. The molecule has 0 aliphatic heterocycles. The molecule has 3 heteroatoms. The number of aromatic carboxylic acids is 1.